The second kappa shape index (κ2) is 3.99. The van der Waals surface area contributed by atoms with E-state index in [9.17, 15) is 8.78 Å². The molecule has 11 heavy (non-hydrogen) atoms. The van der Waals surface area contributed by atoms with E-state index in [1.807, 2.05) is 0 Å². The predicted octanol–water partition coefficient (Wildman–Crippen LogP) is 2.94. The molecule has 0 fully saturated rings. The summed E-state index contributed by atoms with van der Waals surface area (Å²) < 4.78 is 26.1. The molecule has 1 aromatic rings. The SMILES string of the molecule is Fc1ccc(F)c(CCI)c1. The largest absolute Gasteiger partial charge is 0.207 e. The summed E-state index contributed by atoms with van der Waals surface area (Å²) in [5.41, 5.74) is 0.458. The Kier molecular flexibility index (Phi) is 3.23. The minimum atomic E-state index is -0.369. The van der Waals surface area contributed by atoms with Crippen LogP contribution < -0.4 is 0 Å². The Hall–Kier alpha value is -0.190. The molecule has 0 aromatic heterocycles. The van der Waals surface area contributed by atoms with Crippen LogP contribution in [0.1, 0.15) is 5.56 Å². The zero-order valence-corrected chi connectivity index (χ0v) is 7.94. The summed E-state index contributed by atoms with van der Waals surface area (Å²) >= 11 is 2.13. The molecule has 60 valence electrons. The molecule has 0 heterocycles. The van der Waals surface area contributed by atoms with Crippen LogP contribution in [0, 0.1) is 11.6 Å². The molecule has 0 atom stereocenters. The van der Waals surface area contributed by atoms with Gasteiger partial charge in [0.05, 0.1) is 0 Å². The maximum Gasteiger partial charge on any atom is 0.126 e. The van der Waals surface area contributed by atoms with Crippen LogP contribution >= 0.6 is 22.6 Å². The third kappa shape index (κ3) is 2.39. The average Bonchev–Trinajstić information content (AvgIpc) is 1.98. The van der Waals surface area contributed by atoms with E-state index in [1.165, 1.54) is 6.07 Å². The lowest BCUT2D eigenvalue weighted by Crippen LogP contribution is -1.92. The molecule has 0 amide bonds. The van der Waals surface area contributed by atoms with Gasteiger partial charge in [-0.3, -0.25) is 0 Å². The van der Waals surface area contributed by atoms with Crippen LogP contribution in [-0.4, -0.2) is 4.43 Å². The highest BCUT2D eigenvalue weighted by Gasteiger charge is 2.01. The Morgan fingerprint density at radius 1 is 1.27 bits per heavy atom. The number of halogens is 3. The molecule has 0 bridgehead atoms. The quantitative estimate of drug-likeness (QED) is 0.571. The number of alkyl halides is 1. The number of hydrogen-bond donors (Lipinski definition) is 0. The summed E-state index contributed by atoms with van der Waals surface area (Å²) in [4.78, 5) is 0. The molecule has 0 unspecified atom stereocenters. The van der Waals surface area contributed by atoms with Gasteiger partial charge in [0.15, 0.2) is 0 Å². The maximum absolute atomic E-state index is 12.8. The van der Waals surface area contributed by atoms with E-state index in [0.29, 0.717) is 12.0 Å². The van der Waals surface area contributed by atoms with Crippen molar-refractivity contribution in [3.63, 3.8) is 0 Å². The van der Waals surface area contributed by atoms with Crippen molar-refractivity contribution in [2.24, 2.45) is 0 Å². The third-order valence-electron chi connectivity index (χ3n) is 1.37. The van der Waals surface area contributed by atoms with Crippen LogP contribution in [0.4, 0.5) is 8.78 Å². The Morgan fingerprint density at radius 2 is 2.00 bits per heavy atom. The molecule has 0 aliphatic heterocycles. The van der Waals surface area contributed by atoms with Gasteiger partial charge in [0.25, 0.3) is 0 Å². The topological polar surface area (TPSA) is 0 Å². The van der Waals surface area contributed by atoms with Crippen molar-refractivity contribution >= 4 is 22.6 Å². The predicted molar refractivity (Wildman–Crippen MR) is 48.9 cm³/mol. The lowest BCUT2D eigenvalue weighted by atomic mass is 10.1. The number of aryl methyl sites for hydroxylation is 1. The van der Waals surface area contributed by atoms with E-state index in [2.05, 4.69) is 22.6 Å². The zero-order chi connectivity index (χ0) is 8.27. The highest BCUT2D eigenvalue weighted by Crippen LogP contribution is 2.10. The fourth-order valence-corrected chi connectivity index (χ4v) is 1.42. The summed E-state index contributed by atoms with van der Waals surface area (Å²) in [5.74, 6) is -0.686. The molecular weight excluding hydrogens is 261 g/mol. The molecule has 0 saturated carbocycles. The molecule has 1 rings (SSSR count). The van der Waals surface area contributed by atoms with Gasteiger partial charge in [-0.1, -0.05) is 22.6 Å². The van der Waals surface area contributed by atoms with Crippen LogP contribution in [0.5, 0.6) is 0 Å². The van der Waals surface area contributed by atoms with Gasteiger partial charge < -0.3 is 0 Å². The number of rotatable bonds is 2. The van der Waals surface area contributed by atoms with Gasteiger partial charge in [-0.15, -0.1) is 0 Å². The van der Waals surface area contributed by atoms with Gasteiger partial charge in [-0.2, -0.15) is 0 Å². The normalized spacial score (nSPS) is 10.1. The molecule has 0 aliphatic rings. The first-order chi connectivity index (χ1) is 5.24. The summed E-state index contributed by atoms with van der Waals surface area (Å²) in [6, 6.07) is 3.54. The van der Waals surface area contributed by atoms with Crippen molar-refractivity contribution in [3.8, 4) is 0 Å². The van der Waals surface area contributed by atoms with Crippen LogP contribution in [-0.2, 0) is 6.42 Å². The third-order valence-corrected chi connectivity index (χ3v) is 1.91. The lowest BCUT2D eigenvalue weighted by molar-refractivity contribution is 0.588. The minimum absolute atomic E-state index is 0.317. The summed E-state index contributed by atoms with van der Waals surface area (Å²) in [7, 11) is 0. The Labute approximate surface area is 77.8 Å². The van der Waals surface area contributed by atoms with Gasteiger partial charge in [0.2, 0.25) is 0 Å². The Bertz CT molecular complexity index is 248. The Morgan fingerprint density at radius 3 is 2.64 bits per heavy atom. The van der Waals surface area contributed by atoms with Crippen molar-refractivity contribution in [1.29, 1.82) is 0 Å². The highest BCUT2D eigenvalue weighted by molar-refractivity contribution is 14.1. The van der Waals surface area contributed by atoms with Gasteiger partial charge in [0, 0.05) is 4.43 Å². The van der Waals surface area contributed by atoms with Gasteiger partial charge >= 0.3 is 0 Å². The van der Waals surface area contributed by atoms with E-state index >= 15 is 0 Å². The number of benzene rings is 1. The van der Waals surface area contributed by atoms with Crippen molar-refractivity contribution in [3.05, 3.63) is 35.4 Å². The maximum atomic E-state index is 12.8. The molecule has 0 saturated heterocycles. The first-order valence-corrected chi connectivity index (χ1v) is 4.76. The molecule has 1 aromatic carbocycles. The fourth-order valence-electron chi connectivity index (χ4n) is 0.837. The molecule has 0 spiro atoms. The van der Waals surface area contributed by atoms with E-state index < -0.39 is 0 Å². The average molecular weight is 268 g/mol. The standard InChI is InChI=1S/C8H7F2I/c9-7-1-2-8(10)6(5-7)3-4-11/h1-2,5H,3-4H2. The van der Waals surface area contributed by atoms with E-state index in [4.69, 9.17) is 0 Å². The fraction of sp³-hybridized carbons (Fsp3) is 0.250. The smallest absolute Gasteiger partial charge is 0.126 e. The van der Waals surface area contributed by atoms with Crippen molar-refractivity contribution < 1.29 is 8.78 Å². The van der Waals surface area contributed by atoms with E-state index in [0.717, 1.165) is 16.6 Å². The summed E-state index contributed by atoms with van der Waals surface area (Å²) in [6.07, 6.45) is 0.587. The molecule has 0 nitrogen and oxygen atoms in total. The first kappa shape index (κ1) is 8.90. The second-order valence-corrected chi connectivity index (χ2v) is 3.25. The van der Waals surface area contributed by atoms with Gasteiger partial charge in [-0.25, -0.2) is 8.78 Å². The van der Waals surface area contributed by atoms with Crippen LogP contribution in [0.15, 0.2) is 18.2 Å². The van der Waals surface area contributed by atoms with Gasteiger partial charge in [-0.05, 0) is 30.2 Å². The molecule has 0 N–H and O–H groups in total. The molecule has 3 heteroatoms. The highest BCUT2D eigenvalue weighted by atomic mass is 127. The first-order valence-electron chi connectivity index (χ1n) is 3.24. The van der Waals surface area contributed by atoms with Crippen molar-refractivity contribution in [2.75, 3.05) is 4.43 Å². The van der Waals surface area contributed by atoms with E-state index in [-0.39, 0.29) is 11.6 Å². The van der Waals surface area contributed by atoms with Crippen molar-refractivity contribution in [2.45, 2.75) is 6.42 Å². The van der Waals surface area contributed by atoms with Crippen molar-refractivity contribution in [1.82, 2.24) is 0 Å². The van der Waals surface area contributed by atoms with E-state index in [1.54, 1.807) is 0 Å². The lowest BCUT2D eigenvalue weighted by Gasteiger charge is -1.98. The molecule has 0 aliphatic carbocycles. The van der Waals surface area contributed by atoms with Crippen LogP contribution in [0.2, 0.25) is 0 Å². The second-order valence-electron chi connectivity index (χ2n) is 2.17. The van der Waals surface area contributed by atoms with Crippen LogP contribution in [0.25, 0.3) is 0 Å². The minimum Gasteiger partial charge on any atom is -0.207 e. The van der Waals surface area contributed by atoms with Crippen LogP contribution in [0.3, 0.4) is 0 Å². The Balaban J connectivity index is 2.93. The van der Waals surface area contributed by atoms with Gasteiger partial charge in [0.1, 0.15) is 11.6 Å². The molecule has 0 radical (unpaired) electrons. The summed E-state index contributed by atoms with van der Waals surface area (Å²) in [6.45, 7) is 0. The zero-order valence-electron chi connectivity index (χ0n) is 5.78. The molecular formula is C8H7F2I. The summed E-state index contributed by atoms with van der Waals surface area (Å²) in [5, 5.41) is 0. The number of hydrogen-bond acceptors (Lipinski definition) is 0. The monoisotopic (exact) mass is 268 g/mol.